The minimum Gasteiger partial charge on any atom is -0.465 e. The lowest BCUT2D eigenvalue weighted by atomic mass is 9.76. The highest BCUT2D eigenvalue weighted by atomic mass is 79.9. The summed E-state index contributed by atoms with van der Waals surface area (Å²) in [4.78, 5) is 12.2. The molecule has 122 valence electrons. The van der Waals surface area contributed by atoms with Crippen molar-refractivity contribution in [1.82, 2.24) is 0 Å². The fraction of sp³-hybridized carbons (Fsp3) is 0.250. The lowest BCUT2D eigenvalue weighted by Gasteiger charge is -2.38. The van der Waals surface area contributed by atoms with Gasteiger partial charge in [-0.15, -0.1) is 0 Å². The normalized spacial score (nSPS) is 24.0. The number of esters is 1. The number of carbonyl (C=O) groups is 1. The molecular formula is C20H18BrNO2. The SMILES string of the molecule is COC(=O)c1cccc2c1N[C@@H](c1ccccc1Br)[C@H]1CC=C[C@@H]21. The van der Waals surface area contributed by atoms with Crippen LogP contribution in [-0.4, -0.2) is 13.1 Å². The molecule has 2 aromatic rings. The molecule has 0 unspecified atom stereocenters. The number of nitrogens with one attached hydrogen (secondary N) is 1. The van der Waals surface area contributed by atoms with Gasteiger partial charge in [-0.2, -0.15) is 0 Å². The number of ether oxygens (including phenoxy) is 1. The second-order valence-electron chi connectivity index (χ2n) is 6.26. The average molecular weight is 384 g/mol. The van der Waals surface area contributed by atoms with Gasteiger partial charge >= 0.3 is 5.97 Å². The van der Waals surface area contributed by atoms with Crippen molar-refractivity contribution in [3.8, 4) is 0 Å². The first-order valence-corrected chi connectivity index (χ1v) is 8.89. The average Bonchev–Trinajstić information content (AvgIpc) is 3.10. The minimum atomic E-state index is -0.300. The Morgan fingerprint density at radius 1 is 1.17 bits per heavy atom. The number of halogens is 1. The van der Waals surface area contributed by atoms with Gasteiger partial charge in [0.1, 0.15) is 0 Å². The molecule has 1 N–H and O–H groups in total. The molecule has 0 saturated heterocycles. The summed E-state index contributed by atoms with van der Waals surface area (Å²) in [6.07, 6.45) is 5.56. The number of rotatable bonds is 2. The maximum Gasteiger partial charge on any atom is 0.339 e. The maximum absolute atomic E-state index is 12.2. The molecule has 4 heteroatoms. The first kappa shape index (κ1) is 15.5. The van der Waals surface area contributed by atoms with Crippen molar-refractivity contribution in [2.45, 2.75) is 18.4 Å². The summed E-state index contributed by atoms with van der Waals surface area (Å²) in [6, 6.07) is 14.3. The van der Waals surface area contributed by atoms with Crippen molar-refractivity contribution < 1.29 is 9.53 Å². The van der Waals surface area contributed by atoms with E-state index in [4.69, 9.17) is 4.74 Å². The van der Waals surface area contributed by atoms with Crippen LogP contribution in [0, 0.1) is 5.92 Å². The summed E-state index contributed by atoms with van der Waals surface area (Å²) >= 11 is 3.68. The van der Waals surface area contributed by atoms with Crippen LogP contribution in [0.1, 0.15) is 39.9 Å². The van der Waals surface area contributed by atoms with Crippen LogP contribution in [0.3, 0.4) is 0 Å². The van der Waals surface area contributed by atoms with Gasteiger partial charge in [0.05, 0.1) is 24.4 Å². The summed E-state index contributed by atoms with van der Waals surface area (Å²) in [5.74, 6) is 0.470. The molecule has 0 aromatic heterocycles. The fourth-order valence-corrected chi connectivity index (χ4v) is 4.47. The third-order valence-electron chi connectivity index (χ3n) is 5.04. The minimum absolute atomic E-state index is 0.152. The smallest absolute Gasteiger partial charge is 0.339 e. The van der Waals surface area contributed by atoms with E-state index in [-0.39, 0.29) is 12.0 Å². The number of carbonyl (C=O) groups excluding carboxylic acids is 1. The number of allylic oxidation sites excluding steroid dienone is 2. The molecule has 3 atom stereocenters. The predicted molar refractivity (Wildman–Crippen MR) is 98.3 cm³/mol. The lowest BCUT2D eigenvalue weighted by molar-refractivity contribution is 0.0601. The Hall–Kier alpha value is -2.07. The van der Waals surface area contributed by atoms with E-state index in [1.54, 1.807) is 0 Å². The van der Waals surface area contributed by atoms with E-state index in [0.717, 1.165) is 16.6 Å². The standard InChI is InChI=1S/C20H18BrNO2/c1-24-20(23)16-10-5-9-14-12-7-4-8-13(12)18(22-19(14)16)15-6-2-3-11-17(15)21/h2-7,9-13,18,22H,8H2,1H3/t12-,13+,18-/m1/s1. The monoisotopic (exact) mass is 383 g/mol. The van der Waals surface area contributed by atoms with Crippen molar-refractivity contribution >= 4 is 27.6 Å². The molecule has 1 aliphatic carbocycles. The van der Waals surface area contributed by atoms with E-state index < -0.39 is 0 Å². The van der Waals surface area contributed by atoms with E-state index in [1.165, 1.54) is 18.2 Å². The van der Waals surface area contributed by atoms with Gasteiger partial charge in [0.25, 0.3) is 0 Å². The first-order chi connectivity index (χ1) is 11.7. The number of methoxy groups -OCH3 is 1. The zero-order valence-corrected chi connectivity index (χ0v) is 14.9. The number of benzene rings is 2. The highest BCUT2D eigenvalue weighted by Gasteiger charge is 2.39. The molecule has 0 spiro atoms. The molecule has 1 aliphatic heterocycles. The molecule has 0 fully saturated rings. The van der Waals surface area contributed by atoms with Gasteiger partial charge in [0.2, 0.25) is 0 Å². The molecule has 4 rings (SSSR count). The summed E-state index contributed by atoms with van der Waals surface area (Å²) in [5.41, 5.74) is 3.91. The Bertz CT molecular complexity index is 830. The van der Waals surface area contributed by atoms with Crippen molar-refractivity contribution in [1.29, 1.82) is 0 Å². The lowest BCUT2D eigenvalue weighted by Crippen LogP contribution is -2.30. The van der Waals surface area contributed by atoms with Crippen molar-refractivity contribution in [3.63, 3.8) is 0 Å². The Labute approximate surface area is 149 Å². The van der Waals surface area contributed by atoms with E-state index in [0.29, 0.717) is 17.4 Å². The number of para-hydroxylation sites is 1. The fourth-order valence-electron chi connectivity index (χ4n) is 3.94. The van der Waals surface area contributed by atoms with Crippen LogP contribution in [0.2, 0.25) is 0 Å². The van der Waals surface area contributed by atoms with Crippen LogP contribution in [0.15, 0.2) is 59.1 Å². The van der Waals surface area contributed by atoms with Gasteiger partial charge in [-0.1, -0.05) is 58.4 Å². The van der Waals surface area contributed by atoms with Gasteiger partial charge in [-0.25, -0.2) is 4.79 Å². The molecule has 0 radical (unpaired) electrons. The second kappa shape index (κ2) is 6.10. The van der Waals surface area contributed by atoms with Crippen LogP contribution in [0.25, 0.3) is 0 Å². The van der Waals surface area contributed by atoms with E-state index in [9.17, 15) is 4.79 Å². The van der Waals surface area contributed by atoms with Crippen LogP contribution in [0.5, 0.6) is 0 Å². The third-order valence-corrected chi connectivity index (χ3v) is 5.76. The first-order valence-electron chi connectivity index (χ1n) is 8.09. The Morgan fingerprint density at radius 2 is 1.96 bits per heavy atom. The Balaban J connectivity index is 1.85. The zero-order chi connectivity index (χ0) is 16.7. The van der Waals surface area contributed by atoms with Gasteiger partial charge in [0, 0.05) is 10.4 Å². The zero-order valence-electron chi connectivity index (χ0n) is 13.3. The summed E-state index contributed by atoms with van der Waals surface area (Å²) in [7, 11) is 1.42. The van der Waals surface area contributed by atoms with Gasteiger partial charge in [0.15, 0.2) is 0 Å². The van der Waals surface area contributed by atoms with Crippen LogP contribution >= 0.6 is 15.9 Å². The highest BCUT2D eigenvalue weighted by molar-refractivity contribution is 9.10. The van der Waals surface area contributed by atoms with Crippen molar-refractivity contribution in [2.75, 3.05) is 12.4 Å². The number of hydrogen-bond donors (Lipinski definition) is 1. The predicted octanol–water partition coefficient (Wildman–Crippen LogP) is 5.06. The van der Waals surface area contributed by atoms with Crippen LogP contribution in [-0.2, 0) is 4.74 Å². The molecule has 0 bridgehead atoms. The number of hydrogen-bond acceptors (Lipinski definition) is 3. The quantitative estimate of drug-likeness (QED) is 0.581. The molecule has 3 nitrogen and oxygen atoms in total. The molecule has 2 aromatic carbocycles. The third kappa shape index (κ3) is 2.37. The number of anilines is 1. The van der Waals surface area contributed by atoms with E-state index in [2.05, 4.69) is 57.7 Å². The van der Waals surface area contributed by atoms with E-state index >= 15 is 0 Å². The van der Waals surface area contributed by atoms with E-state index in [1.807, 2.05) is 18.2 Å². The van der Waals surface area contributed by atoms with Crippen LogP contribution in [0.4, 0.5) is 5.69 Å². The molecule has 0 saturated carbocycles. The van der Waals surface area contributed by atoms with Gasteiger partial charge in [-0.3, -0.25) is 0 Å². The number of fused-ring (bicyclic) bond motifs is 3. The van der Waals surface area contributed by atoms with Crippen LogP contribution < -0.4 is 5.32 Å². The molecule has 2 aliphatic rings. The maximum atomic E-state index is 12.2. The summed E-state index contributed by atoms with van der Waals surface area (Å²) in [5, 5.41) is 3.64. The largest absolute Gasteiger partial charge is 0.465 e. The summed E-state index contributed by atoms with van der Waals surface area (Å²) < 4.78 is 6.06. The Morgan fingerprint density at radius 3 is 2.75 bits per heavy atom. The van der Waals surface area contributed by atoms with Crippen molar-refractivity contribution in [3.05, 3.63) is 75.8 Å². The molecule has 1 heterocycles. The second-order valence-corrected chi connectivity index (χ2v) is 7.11. The van der Waals surface area contributed by atoms with Gasteiger partial charge in [-0.05, 0) is 35.6 Å². The molecule has 24 heavy (non-hydrogen) atoms. The Kier molecular flexibility index (Phi) is 3.93. The molecule has 0 amide bonds. The molecular weight excluding hydrogens is 366 g/mol. The summed E-state index contributed by atoms with van der Waals surface area (Å²) in [6.45, 7) is 0. The highest BCUT2D eigenvalue weighted by Crippen LogP contribution is 2.51. The van der Waals surface area contributed by atoms with Crippen molar-refractivity contribution in [2.24, 2.45) is 5.92 Å². The topological polar surface area (TPSA) is 38.3 Å². The van der Waals surface area contributed by atoms with Gasteiger partial charge < -0.3 is 10.1 Å².